The highest BCUT2D eigenvalue weighted by molar-refractivity contribution is 7.64. The molecule has 0 amide bonds. The molecular formula is C9H15OP. The molecule has 3 unspecified atom stereocenters. The molecule has 62 valence electrons. The number of hydrogen-bond acceptors (Lipinski definition) is 1. The number of terminal acetylenes is 1. The van der Waals surface area contributed by atoms with Gasteiger partial charge in [0.05, 0.1) is 7.14 Å². The molecule has 0 N–H and O–H groups in total. The van der Waals surface area contributed by atoms with Crippen LogP contribution in [0.2, 0.25) is 0 Å². The van der Waals surface area contributed by atoms with Gasteiger partial charge >= 0.3 is 0 Å². The molecule has 0 spiro atoms. The van der Waals surface area contributed by atoms with Crippen molar-refractivity contribution in [2.75, 3.05) is 12.8 Å². The largest absolute Gasteiger partial charge is 0.324 e. The van der Waals surface area contributed by atoms with Gasteiger partial charge in [0.2, 0.25) is 0 Å². The van der Waals surface area contributed by atoms with Crippen molar-refractivity contribution in [3.63, 3.8) is 0 Å². The van der Waals surface area contributed by atoms with E-state index in [1.54, 1.807) is 0 Å². The summed E-state index contributed by atoms with van der Waals surface area (Å²) in [5, 5.41) is 0. The van der Waals surface area contributed by atoms with E-state index in [4.69, 9.17) is 6.42 Å². The van der Waals surface area contributed by atoms with Crippen LogP contribution in [0, 0.1) is 18.3 Å². The monoisotopic (exact) mass is 170 g/mol. The van der Waals surface area contributed by atoms with E-state index in [1.165, 1.54) is 0 Å². The van der Waals surface area contributed by atoms with Crippen molar-refractivity contribution >= 4 is 7.14 Å². The molecule has 0 aromatic heterocycles. The minimum atomic E-state index is -1.87. The van der Waals surface area contributed by atoms with Gasteiger partial charge in [0, 0.05) is 17.7 Å². The first-order valence-electron chi connectivity index (χ1n) is 4.14. The summed E-state index contributed by atoms with van der Waals surface area (Å²) in [7, 11) is -1.87. The summed E-state index contributed by atoms with van der Waals surface area (Å²) in [5.41, 5.74) is 0.312. The zero-order valence-corrected chi connectivity index (χ0v) is 8.10. The second-order valence-corrected chi connectivity index (χ2v) is 6.89. The predicted octanol–water partition coefficient (Wildman–Crippen LogP) is 2.41. The maximum Gasteiger partial charge on any atom is 0.0890 e. The highest BCUT2D eigenvalue weighted by atomic mass is 31.2. The lowest BCUT2D eigenvalue weighted by atomic mass is 10.0. The molecule has 2 heteroatoms. The lowest BCUT2D eigenvalue weighted by Crippen LogP contribution is -2.10. The molecule has 0 saturated carbocycles. The zero-order valence-electron chi connectivity index (χ0n) is 7.21. The molecule has 0 radical (unpaired) electrons. The van der Waals surface area contributed by atoms with Crippen LogP contribution in [-0.4, -0.2) is 18.5 Å². The summed E-state index contributed by atoms with van der Waals surface area (Å²) < 4.78 is 11.8. The van der Waals surface area contributed by atoms with Crippen LogP contribution in [0.5, 0.6) is 0 Å². The minimum absolute atomic E-state index is 0.288. The number of hydrogen-bond donors (Lipinski definition) is 0. The van der Waals surface area contributed by atoms with E-state index in [9.17, 15) is 4.57 Å². The predicted molar refractivity (Wildman–Crippen MR) is 49.4 cm³/mol. The quantitative estimate of drug-likeness (QED) is 0.436. The lowest BCUT2D eigenvalue weighted by Gasteiger charge is -2.16. The van der Waals surface area contributed by atoms with Crippen LogP contribution in [0.1, 0.15) is 19.8 Å². The first-order chi connectivity index (χ1) is 5.11. The normalized spacial score (nSPS) is 43.7. The number of rotatable bonds is 1. The SMILES string of the molecule is C#CC1CCP(C)(=O)C1CC. The summed E-state index contributed by atoms with van der Waals surface area (Å²) in [6, 6.07) is 0. The fraction of sp³-hybridized carbons (Fsp3) is 0.778. The molecule has 1 aliphatic heterocycles. The van der Waals surface area contributed by atoms with Gasteiger partial charge in [-0.2, -0.15) is 0 Å². The summed E-state index contributed by atoms with van der Waals surface area (Å²) in [6.45, 7) is 3.98. The van der Waals surface area contributed by atoms with Gasteiger partial charge < -0.3 is 4.57 Å². The highest BCUT2D eigenvalue weighted by Gasteiger charge is 2.38. The van der Waals surface area contributed by atoms with Gasteiger partial charge in [0.25, 0.3) is 0 Å². The molecule has 1 nitrogen and oxygen atoms in total. The van der Waals surface area contributed by atoms with Gasteiger partial charge in [-0.3, -0.25) is 0 Å². The van der Waals surface area contributed by atoms with Crippen molar-refractivity contribution in [2.45, 2.75) is 25.4 Å². The van der Waals surface area contributed by atoms with Crippen LogP contribution in [0.15, 0.2) is 0 Å². The molecule has 0 aromatic rings. The molecule has 0 aromatic carbocycles. The average Bonchev–Trinajstić information content (AvgIpc) is 2.24. The highest BCUT2D eigenvalue weighted by Crippen LogP contribution is 2.58. The molecule has 3 atom stereocenters. The van der Waals surface area contributed by atoms with Gasteiger partial charge in [0.15, 0.2) is 0 Å². The van der Waals surface area contributed by atoms with E-state index in [0.717, 1.165) is 19.0 Å². The Labute approximate surface area is 68.9 Å². The zero-order chi connectivity index (χ0) is 8.48. The third-order valence-corrected chi connectivity index (χ3v) is 5.96. The Kier molecular flexibility index (Phi) is 2.45. The van der Waals surface area contributed by atoms with E-state index in [1.807, 2.05) is 6.66 Å². The van der Waals surface area contributed by atoms with Crippen LogP contribution in [0.3, 0.4) is 0 Å². The fourth-order valence-electron chi connectivity index (χ4n) is 2.00. The van der Waals surface area contributed by atoms with Gasteiger partial charge in [-0.1, -0.05) is 6.92 Å². The van der Waals surface area contributed by atoms with E-state index in [-0.39, 0.29) is 5.92 Å². The van der Waals surface area contributed by atoms with Crippen molar-refractivity contribution < 1.29 is 4.57 Å². The molecule has 0 bridgehead atoms. The molecule has 1 rings (SSSR count). The second kappa shape index (κ2) is 3.03. The van der Waals surface area contributed by atoms with Gasteiger partial charge in [-0.25, -0.2) is 0 Å². The Bertz CT molecular complexity index is 226. The fourth-order valence-corrected chi connectivity index (χ4v) is 4.89. The van der Waals surface area contributed by atoms with Crippen molar-refractivity contribution in [2.24, 2.45) is 5.92 Å². The molecule has 1 aliphatic rings. The van der Waals surface area contributed by atoms with E-state index < -0.39 is 7.14 Å². The van der Waals surface area contributed by atoms with Crippen LogP contribution in [-0.2, 0) is 4.57 Å². The van der Waals surface area contributed by atoms with Crippen molar-refractivity contribution in [1.29, 1.82) is 0 Å². The summed E-state index contributed by atoms with van der Waals surface area (Å²) in [6.07, 6.45) is 8.16. The first kappa shape index (κ1) is 8.88. The van der Waals surface area contributed by atoms with Gasteiger partial charge in [0.1, 0.15) is 0 Å². The Hall–Kier alpha value is -0.210. The molecular weight excluding hydrogens is 155 g/mol. The maximum atomic E-state index is 11.8. The molecule has 1 fully saturated rings. The average molecular weight is 170 g/mol. The van der Waals surface area contributed by atoms with Crippen LogP contribution in [0.4, 0.5) is 0 Å². The van der Waals surface area contributed by atoms with Crippen LogP contribution < -0.4 is 0 Å². The van der Waals surface area contributed by atoms with Crippen LogP contribution >= 0.6 is 7.14 Å². The molecule has 1 heterocycles. The van der Waals surface area contributed by atoms with Crippen molar-refractivity contribution in [3.8, 4) is 12.3 Å². The van der Waals surface area contributed by atoms with E-state index >= 15 is 0 Å². The topological polar surface area (TPSA) is 17.1 Å². The Balaban J connectivity index is 2.81. The van der Waals surface area contributed by atoms with E-state index in [0.29, 0.717) is 5.66 Å². The summed E-state index contributed by atoms with van der Waals surface area (Å²) in [4.78, 5) is 0. The first-order valence-corrected chi connectivity index (χ1v) is 6.55. The summed E-state index contributed by atoms with van der Waals surface area (Å²) >= 11 is 0. The Morgan fingerprint density at radius 2 is 2.36 bits per heavy atom. The summed E-state index contributed by atoms with van der Waals surface area (Å²) in [5.74, 6) is 3.04. The van der Waals surface area contributed by atoms with Gasteiger partial charge in [-0.05, 0) is 19.5 Å². The van der Waals surface area contributed by atoms with Crippen molar-refractivity contribution in [3.05, 3.63) is 0 Å². The minimum Gasteiger partial charge on any atom is -0.324 e. The molecule has 11 heavy (non-hydrogen) atoms. The standard InChI is InChI=1S/C9H15OP/c1-4-8-6-7-11(3,10)9(8)5-2/h1,8-9H,5-7H2,2-3H3. The molecule has 0 aliphatic carbocycles. The Morgan fingerprint density at radius 3 is 2.73 bits per heavy atom. The Morgan fingerprint density at radius 1 is 1.73 bits per heavy atom. The second-order valence-electron chi connectivity index (χ2n) is 3.44. The smallest absolute Gasteiger partial charge is 0.0890 e. The van der Waals surface area contributed by atoms with E-state index in [2.05, 4.69) is 12.8 Å². The molecule has 1 saturated heterocycles. The third-order valence-electron chi connectivity index (χ3n) is 2.68. The maximum absolute atomic E-state index is 11.8. The lowest BCUT2D eigenvalue weighted by molar-refractivity contribution is 0.561. The van der Waals surface area contributed by atoms with Crippen molar-refractivity contribution in [1.82, 2.24) is 0 Å². The third kappa shape index (κ3) is 1.52. The van der Waals surface area contributed by atoms with Gasteiger partial charge in [-0.15, -0.1) is 12.3 Å². The van der Waals surface area contributed by atoms with Crippen LogP contribution in [0.25, 0.3) is 0 Å².